The van der Waals surface area contributed by atoms with Crippen LogP contribution >= 0.6 is 0 Å². The summed E-state index contributed by atoms with van der Waals surface area (Å²) in [6, 6.07) is 0. The molecule has 0 rings (SSSR count). The van der Waals surface area contributed by atoms with Crippen LogP contribution in [0.1, 0.15) is 104 Å². The van der Waals surface area contributed by atoms with Crippen LogP contribution < -0.4 is 0 Å². The lowest BCUT2D eigenvalue weighted by molar-refractivity contribution is 0.389. The summed E-state index contributed by atoms with van der Waals surface area (Å²) in [5.41, 5.74) is 0. The van der Waals surface area contributed by atoms with Gasteiger partial charge in [-0.2, -0.15) is 0 Å². The number of hydrogen-bond donors (Lipinski definition) is 0. The molecule has 0 radical (unpaired) electrons. The van der Waals surface area contributed by atoms with Crippen LogP contribution in [0.4, 0.5) is 0 Å². The molecule has 0 fully saturated rings. The smallest absolute Gasteiger partial charge is 0.00248 e. The molecular weight excluding hydrogens is 242 g/mol. The fourth-order valence-electron chi connectivity index (χ4n) is 2.27. The van der Waals surface area contributed by atoms with Gasteiger partial charge < -0.3 is 4.90 Å². The monoisotopic (exact) mass is 285 g/mol. The van der Waals surface area contributed by atoms with E-state index in [4.69, 9.17) is 0 Å². The molecular formula is C19H43N. The summed E-state index contributed by atoms with van der Waals surface area (Å²) in [7, 11) is 4.32. The molecule has 0 aliphatic carbocycles. The third kappa shape index (κ3) is 26.5. The first-order chi connectivity index (χ1) is 9.68. The van der Waals surface area contributed by atoms with E-state index in [0.717, 1.165) is 0 Å². The average Bonchev–Trinajstić information content (AvgIpc) is 2.42. The Morgan fingerprint density at radius 1 is 0.450 bits per heavy atom. The number of hydrogen-bond acceptors (Lipinski definition) is 1. The van der Waals surface area contributed by atoms with Gasteiger partial charge in [0.2, 0.25) is 0 Å². The molecule has 0 aromatic rings. The van der Waals surface area contributed by atoms with E-state index in [9.17, 15) is 0 Å². The first kappa shape index (κ1) is 22.2. The van der Waals surface area contributed by atoms with Gasteiger partial charge in [-0.1, -0.05) is 97.8 Å². The van der Waals surface area contributed by atoms with Crippen molar-refractivity contribution in [1.82, 2.24) is 4.90 Å². The number of unbranched alkanes of at least 4 members (excludes halogenated alkanes) is 11. The molecule has 0 saturated carbocycles. The highest BCUT2D eigenvalue weighted by molar-refractivity contribution is 4.49. The van der Waals surface area contributed by atoms with Gasteiger partial charge in [0.15, 0.2) is 0 Å². The van der Waals surface area contributed by atoms with Crippen molar-refractivity contribution in [2.24, 2.45) is 0 Å². The molecule has 0 spiro atoms. The second-order valence-electron chi connectivity index (χ2n) is 6.34. The van der Waals surface area contributed by atoms with Crippen molar-refractivity contribution in [2.45, 2.75) is 104 Å². The quantitative estimate of drug-likeness (QED) is 0.342. The third-order valence-electron chi connectivity index (χ3n) is 3.67. The Labute approximate surface area is 130 Å². The van der Waals surface area contributed by atoms with E-state index in [0.29, 0.717) is 0 Å². The maximum atomic E-state index is 2.28. The summed E-state index contributed by atoms with van der Waals surface area (Å²) in [5, 5.41) is 0. The molecule has 0 unspecified atom stereocenters. The van der Waals surface area contributed by atoms with E-state index in [1.54, 1.807) is 0 Å². The lowest BCUT2D eigenvalue weighted by atomic mass is 10.1. The van der Waals surface area contributed by atoms with Crippen LogP contribution in [0.2, 0.25) is 0 Å². The van der Waals surface area contributed by atoms with Gasteiger partial charge in [-0.3, -0.25) is 0 Å². The minimum Gasteiger partial charge on any atom is -0.309 e. The molecule has 0 heterocycles. The standard InChI is InChI=1S/C14H31N.C5H12/c1-4-5-6-7-8-9-10-11-12-13-14-15(2)3;1-3-5-4-2/h4-14H2,1-3H3;3-5H2,1-2H3. The van der Waals surface area contributed by atoms with Crippen molar-refractivity contribution in [3.05, 3.63) is 0 Å². The van der Waals surface area contributed by atoms with E-state index in [-0.39, 0.29) is 0 Å². The normalized spacial score (nSPS) is 10.5. The topological polar surface area (TPSA) is 3.24 Å². The SMILES string of the molecule is CCCCC.CCCCCCCCCCCCN(C)C. The van der Waals surface area contributed by atoms with Gasteiger partial charge in [0.1, 0.15) is 0 Å². The predicted molar refractivity (Wildman–Crippen MR) is 95.6 cm³/mol. The maximum absolute atomic E-state index is 2.28. The Morgan fingerprint density at radius 3 is 1.10 bits per heavy atom. The fraction of sp³-hybridized carbons (Fsp3) is 1.00. The molecule has 0 N–H and O–H groups in total. The maximum Gasteiger partial charge on any atom is -0.00248 e. The molecule has 0 amide bonds. The first-order valence-corrected chi connectivity index (χ1v) is 9.33. The third-order valence-corrected chi connectivity index (χ3v) is 3.67. The first-order valence-electron chi connectivity index (χ1n) is 9.33. The van der Waals surface area contributed by atoms with Crippen LogP contribution in [0.25, 0.3) is 0 Å². The summed E-state index contributed by atoms with van der Waals surface area (Å²) >= 11 is 0. The second-order valence-corrected chi connectivity index (χ2v) is 6.34. The Morgan fingerprint density at radius 2 is 0.800 bits per heavy atom. The average molecular weight is 286 g/mol. The zero-order valence-electron chi connectivity index (χ0n) is 15.3. The Hall–Kier alpha value is -0.0400. The fourth-order valence-corrected chi connectivity index (χ4v) is 2.27. The zero-order chi connectivity index (χ0) is 15.5. The summed E-state index contributed by atoms with van der Waals surface area (Å²) < 4.78 is 0. The van der Waals surface area contributed by atoms with E-state index in [1.165, 1.54) is 90.0 Å². The Kier molecular flexibility index (Phi) is 23.6. The second kappa shape index (κ2) is 21.3. The van der Waals surface area contributed by atoms with Crippen molar-refractivity contribution < 1.29 is 0 Å². The largest absolute Gasteiger partial charge is 0.309 e. The molecule has 0 bridgehead atoms. The van der Waals surface area contributed by atoms with Crippen LogP contribution in [0.3, 0.4) is 0 Å². The lowest BCUT2D eigenvalue weighted by Gasteiger charge is -2.08. The molecule has 20 heavy (non-hydrogen) atoms. The van der Waals surface area contributed by atoms with Crippen LogP contribution in [-0.2, 0) is 0 Å². The van der Waals surface area contributed by atoms with Gasteiger partial charge in [-0.05, 0) is 27.1 Å². The van der Waals surface area contributed by atoms with Gasteiger partial charge in [0, 0.05) is 0 Å². The summed E-state index contributed by atoms with van der Waals surface area (Å²) in [5.74, 6) is 0. The minimum atomic E-state index is 1.26. The lowest BCUT2D eigenvalue weighted by Crippen LogP contribution is -2.12. The van der Waals surface area contributed by atoms with Crippen molar-refractivity contribution in [3.8, 4) is 0 Å². The van der Waals surface area contributed by atoms with Gasteiger partial charge >= 0.3 is 0 Å². The van der Waals surface area contributed by atoms with Crippen LogP contribution in [-0.4, -0.2) is 25.5 Å². The van der Waals surface area contributed by atoms with Crippen molar-refractivity contribution >= 4 is 0 Å². The number of nitrogens with zero attached hydrogens (tertiary/aromatic N) is 1. The molecule has 0 aromatic heterocycles. The van der Waals surface area contributed by atoms with E-state index in [2.05, 4.69) is 39.8 Å². The van der Waals surface area contributed by atoms with Crippen LogP contribution in [0, 0.1) is 0 Å². The van der Waals surface area contributed by atoms with Crippen molar-refractivity contribution in [1.29, 1.82) is 0 Å². The molecule has 124 valence electrons. The molecule has 0 atom stereocenters. The Balaban J connectivity index is 0. The van der Waals surface area contributed by atoms with Crippen LogP contribution in [0.15, 0.2) is 0 Å². The molecule has 0 aromatic carbocycles. The molecule has 1 nitrogen and oxygen atoms in total. The van der Waals surface area contributed by atoms with E-state index in [1.807, 2.05) is 0 Å². The molecule has 0 saturated heterocycles. The molecule has 0 aliphatic rings. The summed E-state index contributed by atoms with van der Waals surface area (Å²) in [6.45, 7) is 7.97. The highest BCUT2D eigenvalue weighted by Crippen LogP contribution is 2.10. The highest BCUT2D eigenvalue weighted by Gasteiger charge is 1.93. The molecule has 1 heteroatoms. The number of rotatable bonds is 13. The van der Waals surface area contributed by atoms with Crippen LogP contribution in [0.5, 0.6) is 0 Å². The zero-order valence-corrected chi connectivity index (χ0v) is 15.3. The van der Waals surface area contributed by atoms with E-state index >= 15 is 0 Å². The highest BCUT2D eigenvalue weighted by atomic mass is 15.0. The van der Waals surface area contributed by atoms with Gasteiger partial charge in [0.05, 0.1) is 0 Å². The predicted octanol–water partition coefficient (Wildman–Crippen LogP) is 6.67. The van der Waals surface area contributed by atoms with Gasteiger partial charge in [-0.25, -0.2) is 0 Å². The van der Waals surface area contributed by atoms with Gasteiger partial charge in [0.25, 0.3) is 0 Å². The van der Waals surface area contributed by atoms with Crippen molar-refractivity contribution in [2.75, 3.05) is 20.6 Å². The minimum absolute atomic E-state index is 1.26. The van der Waals surface area contributed by atoms with Crippen molar-refractivity contribution in [3.63, 3.8) is 0 Å². The van der Waals surface area contributed by atoms with E-state index < -0.39 is 0 Å². The van der Waals surface area contributed by atoms with Gasteiger partial charge in [-0.15, -0.1) is 0 Å². The Bertz CT molecular complexity index is 141. The molecule has 0 aliphatic heterocycles. The summed E-state index contributed by atoms with van der Waals surface area (Å²) in [6.07, 6.45) is 18.4. The summed E-state index contributed by atoms with van der Waals surface area (Å²) in [4.78, 5) is 2.28.